The Morgan fingerprint density at radius 1 is 0.889 bits per heavy atom. The fourth-order valence-corrected chi connectivity index (χ4v) is 6.55. The van der Waals surface area contributed by atoms with E-state index in [1.807, 2.05) is 43.3 Å². The van der Waals surface area contributed by atoms with Gasteiger partial charge in [-0.25, -0.2) is 5.43 Å². The maximum atomic E-state index is 13.9. The van der Waals surface area contributed by atoms with E-state index in [1.165, 1.54) is 5.01 Å². The van der Waals surface area contributed by atoms with Crippen LogP contribution < -0.4 is 16.1 Å². The molecule has 4 aliphatic rings. The Labute approximate surface area is 262 Å². The van der Waals surface area contributed by atoms with Gasteiger partial charge in [-0.3, -0.25) is 29.2 Å². The first-order valence-corrected chi connectivity index (χ1v) is 15.9. The van der Waals surface area contributed by atoms with Gasteiger partial charge in [-0.1, -0.05) is 43.2 Å². The van der Waals surface area contributed by atoms with Crippen LogP contribution in [0.4, 0.5) is 0 Å². The fraction of sp³-hybridized carbons (Fsp3) is 0.545. The van der Waals surface area contributed by atoms with Gasteiger partial charge in [0.1, 0.15) is 24.3 Å². The zero-order valence-electron chi connectivity index (χ0n) is 25.8. The second-order valence-electron chi connectivity index (χ2n) is 12.6. The van der Waals surface area contributed by atoms with Gasteiger partial charge in [0.25, 0.3) is 11.8 Å². The minimum atomic E-state index is -1.27. The van der Waals surface area contributed by atoms with Crippen LogP contribution in [-0.2, 0) is 33.4 Å². The lowest BCUT2D eigenvalue weighted by Crippen LogP contribution is -2.61. The normalized spacial score (nSPS) is 29.3. The summed E-state index contributed by atoms with van der Waals surface area (Å²) in [6, 6.07) is 7.71. The number of carbonyl (C=O) groups excluding carboxylic acids is 4. The average molecular weight is 620 g/mol. The molecule has 0 radical (unpaired) electrons. The van der Waals surface area contributed by atoms with Crippen LogP contribution in [0.5, 0.6) is 0 Å². The third-order valence-corrected chi connectivity index (χ3v) is 9.25. The Bertz CT molecular complexity index is 1480. The topological polar surface area (TPSA) is 148 Å². The number of esters is 1. The number of aromatic nitrogens is 1. The molecule has 4 atom stereocenters. The zero-order chi connectivity index (χ0) is 31.6. The van der Waals surface area contributed by atoms with Crippen molar-refractivity contribution < 1.29 is 33.4 Å². The van der Waals surface area contributed by atoms with Gasteiger partial charge < -0.3 is 24.8 Å². The number of hydrogen-bond donors (Lipinski definition) is 3. The highest BCUT2D eigenvalue weighted by atomic mass is 16.7. The Hall–Kier alpha value is -3.87. The number of fused-ring (bicyclic) bond motifs is 4. The van der Waals surface area contributed by atoms with Crippen LogP contribution in [-0.4, -0.2) is 78.4 Å². The summed E-state index contributed by atoms with van der Waals surface area (Å²) in [4.78, 5) is 59.2. The van der Waals surface area contributed by atoms with Crippen molar-refractivity contribution in [2.24, 2.45) is 11.3 Å². The van der Waals surface area contributed by atoms with Crippen molar-refractivity contribution in [1.82, 2.24) is 26.1 Å². The summed E-state index contributed by atoms with van der Waals surface area (Å²) in [6.45, 7) is 3.98. The molecule has 45 heavy (non-hydrogen) atoms. The first-order chi connectivity index (χ1) is 21.7. The number of nitrogens with one attached hydrogen (secondary N) is 3. The van der Waals surface area contributed by atoms with E-state index in [4.69, 9.17) is 19.2 Å². The number of ether oxygens (including phenoxy) is 3. The van der Waals surface area contributed by atoms with Crippen LogP contribution in [0.1, 0.15) is 69.7 Å². The van der Waals surface area contributed by atoms with Gasteiger partial charge in [-0.2, -0.15) is 0 Å². The van der Waals surface area contributed by atoms with Crippen LogP contribution in [0, 0.1) is 11.3 Å². The summed E-state index contributed by atoms with van der Waals surface area (Å²) in [5.41, 5.74) is 4.00. The van der Waals surface area contributed by atoms with E-state index in [1.54, 1.807) is 13.0 Å². The van der Waals surface area contributed by atoms with E-state index in [0.29, 0.717) is 25.1 Å². The lowest BCUT2D eigenvalue weighted by Gasteiger charge is -2.36. The van der Waals surface area contributed by atoms with Gasteiger partial charge in [0.05, 0.1) is 30.5 Å². The summed E-state index contributed by atoms with van der Waals surface area (Å²) in [5.74, 6) is -1.92. The minimum Gasteiger partial charge on any atom is -0.451 e. The molecule has 4 heterocycles. The van der Waals surface area contributed by atoms with Gasteiger partial charge in [0.2, 0.25) is 5.91 Å². The number of pyridine rings is 1. The highest BCUT2D eigenvalue weighted by Gasteiger charge is 2.45. The molecule has 240 valence electrons. The van der Waals surface area contributed by atoms with E-state index >= 15 is 0 Å². The third-order valence-electron chi connectivity index (χ3n) is 9.25. The fourth-order valence-electron chi connectivity index (χ4n) is 6.55. The molecule has 3 fully saturated rings. The summed E-state index contributed by atoms with van der Waals surface area (Å²) < 4.78 is 17.2. The van der Waals surface area contributed by atoms with Crippen LogP contribution >= 0.6 is 0 Å². The number of cyclic esters (lactones) is 1. The summed E-state index contributed by atoms with van der Waals surface area (Å²) in [6.07, 6.45) is 6.95. The number of benzene rings is 1. The largest absolute Gasteiger partial charge is 0.451 e. The molecule has 5 bridgehead atoms. The van der Waals surface area contributed by atoms with E-state index in [-0.39, 0.29) is 43.8 Å². The molecule has 1 aliphatic carbocycles. The van der Waals surface area contributed by atoms with E-state index < -0.39 is 35.5 Å². The Kier molecular flexibility index (Phi) is 9.16. The lowest BCUT2D eigenvalue weighted by molar-refractivity contribution is -0.193. The molecule has 3 amide bonds. The molecular weight excluding hydrogens is 578 g/mol. The molecule has 3 N–H and O–H groups in total. The van der Waals surface area contributed by atoms with Crippen molar-refractivity contribution in [3.8, 4) is 0 Å². The van der Waals surface area contributed by atoms with Crippen molar-refractivity contribution in [3.63, 3.8) is 0 Å². The molecule has 1 spiro atoms. The number of hydrazine groups is 1. The molecule has 1 aromatic heterocycles. The van der Waals surface area contributed by atoms with Crippen molar-refractivity contribution >= 4 is 40.7 Å². The highest BCUT2D eigenvalue weighted by Crippen LogP contribution is 2.33. The van der Waals surface area contributed by atoms with Crippen molar-refractivity contribution in [1.29, 1.82) is 0 Å². The van der Waals surface area contributed by atoms with Gasteiger partial charge in [0.15, 0.2) is 6.10 Å². The van der Waals surface area contributed by atoms with E-state index in [2.05, 4.69) is 16.1 Å². The number of nitrogens with zero attached hydrogens (tertiary/aromatic N) is 2. The average Bonchev–Trinajstić information content (AvgIpc) is 3.60. The van der Waals surface area contributed by atoms with E-state index in [9.17, 15) is 19.2 Å². The smallest absolute Gasteiger partial charge is 0.321 e. The molecule has 1 saturated carbocycles. The standard InChI is InChI=1S/C33H41N5O7/c1-20-25-12-11-23-10-9-22(16-27(23)36-25)13-14-33(17-43-19-44-18-33)32(42)45-28(24-6-3-4-7-24)30(40)35-21(2)31(41)38-15-5-8-26(37-38)29(39)34-20/h9-14,16,20-21,24,26,28,37H,3-8,15,17-19H2,1-2H3,(H,34,39)(H,35,40)/b14-13+/t20-,21+,26+,28?/m1/s1. The van der Waals surface area contributed by atoms with Crippen LogP contribution in [0.2, 0.25) is 0 Å². The van der Waals surface area contributed by atoms with Crippen LogP contribution in [0.3, 0.4) is 0 Å². The predicted molar refractivity (Wildman–Crippen MR) is 164 cm³/mol. The predicted octanol–water partition coefficient (Wildman–Crippen LogP) is 2.53. The molecular formula is C33H41N5O7. The molecule has 1 unspecified atom stereocenters. The molecule has 12 nitrogen and oxygen atoms in total. The van der Waals surface area contributed by atoms with Crippen molar-refractivity contribution in [2.45, 2.75) is 76.6 Å². The summed E-state index contributed by atoms with van der Waals surface area (Å²) in [5, 5.41) is 8.15. The monoisotopic (exact) mass is 619 g/mol. The Morgan fingerprint density at radius 3 is 2.40 bits per heavy atom. The number of carbonyl (C=O) groups is 4. The van der Waals surface area contributed by atoms with Gasteiger partial charge in [-0.15, -0.1) is 0 Å². The van der Waals surface area contributed by atoms with Gasteiger partial charge >= 0.3 is 5.97 Å². The van der Waals surface area contributed by atoms with Crippen LogP contribution in [0.15, 0.2) is 36.4 Å². The summed E-state index contributed by atoms with van der Waals surface area (Å²) in [7, 11) is 0. The SMILES string of the molecule is C[C@@H]1NC(=O)C(C2CCCC2)OC(=O)C2(/C=C/c3ccc4ccc(nc4c3)[C@@H](C)NC(=O)[C@@H]3CCCN(N3)C1=O)COCOC2. The highest BCUT2D eigenvalue weighted by molar-refractivity contribution is 5.92. The molecule has 2 saturated heterocycles. The molecule has 3 aliphatic heterocycles. The van der Waals surface area contributed by atoms with E-state index in [0.717, 1.165) is 42.1 Å². The lowest BCUT2D eigenvalue weighted by atomic mass is 9.87. The maximum Gasteiger partial charge on any atom is 0.321 e. The zero-order valence-corrected chi connectivity index (χ0v) is 25.8. The second kappa shape index (κ2) is 13.2. The second-order valence-corrected chi connectivity index (χ2v) is 12.6. The first kappa shape index (κ1) is 31.1. The molecule has 1 aromatic carbocycles. The van der Waals surface area contributed by atoms with Crippen molar-refractivity contribution in [2.75, 3.05) is 26.6 Å². The quantitative estimate of drug-likeness (QED) is 0.410. The third kappa shape index (κ3) is 6.73. The Morgan fingerprint density at radius 2 is 1.62 bits per heavy atom. The molecule has 2 aromatic rings. The van der Waals surface area contributed by atoms with Crippen molar-refractivity contribution in [3.05, 3.63) is 47.7 Å². The molecule has 12 heteroatoms. The number of rotatable bonds is 1. The Balaban J connectivity index is 1.37. The van der Waals surface area contributed by atoms with Gasteiger partial charge in [-0.05, 0) is 57.2 Å². The maximum absolute atomic E-state index is 13.9. The minimum absolute atomic E-state index is 0.0330. The van der Waals surface area contributed by atoms with Gasteiger partial charge in [0, 0.05) is 17.8 Å². The number of amides is 3. The molecule has 6 rings (SSSR count). The summed E-state index contributed by atoms with van der Waals surface area (Å²) >= 11 is 0. The first-order valence-electron chi connectivity index (χ1n) is 15.9. The van der Waals surface area contributed by atoms with Crippen LogP contribution in [0.25, 0.3) is 17.0 Å². The number of hydrogen-bond acceptors (Lipinski definition) is 9.